The number of para-hydroxylation sites is 1. The van der Waals surface area contributed by atoms with Gasteiger partial charge in [-0.15, -0.1) is 0 Å². The van der Waals surface area contributed by atoms with Crippen molar-refractivity contribution in [1.29, 1.82) is 5.41 Å². The first-order chi connectivity index (χ1) is 17.3. The third-order valence-electron chi connectivity index (χ3n) is 5.28. The Kier molecular flexibility index (Phi) is 7.78. The molecule has 2 aromatic carbocycles. The molecule has 0 amide bonds. The molecule has 0 atom stereocenters. The first-order valence-electron chi connectivity index (χ1n) is 11.0. The van der Waals surface area contributed by atoms with Crippen LogP contribution in [0, 0.1) is 5.41 Å². The maximum atomic E-state index is 12.9. The van der Waals surface area contributed by atoms with Crippen molar-refractivity contribution in [1.82, 2.24) is 24.4 Å². The number of benzene rings is 2. The summed E-state index contributed by atoms with van der Waals surface area (Å²) in [7, 11) is 5.60. The van der Waals surface area contributed by atoms with Gasteiger partial charge in [0.15, 0.2) is 17.1 Å². The zero-order valence-electron chi connectivity index (χ0n) is 19.9. The van der Waals surface area contributed by atoms with Gasteiger partial charge in [0.2, 0.25) is 5.95 Å². The molecule has 4 rings (SSSR count). The van der Waals surface area contributed by atoms with Crippen molar-refractivity contribution >= 4 is 45.9 Å². The van der Waals surface area contributed by atoms with Crippen molar-refractivity contribution in [2.75, 3.05) is 39.7 Å². The minimum atomic E-state index is -0.606. The summed E-state index contributed by atoms with van der Waals surface area (Å²) in [4.78, 5) is 26.3. The number of rotatable bonds is 9. The lowest BCUT2D eigenvalue weighted by molar-refractivity contribution is 0.268. The van der Waals surface area contributed by atoms with Crippen molar-refractivity contribution in [3.8, 4) is 17.2 Å². The first kappa shape index (κ1) is 25.5. The van der Waals surface area contributed by atoms with Crippen LogP contribution in [-0.4, -0.2) is 58.8 Å². The SMILES string of the molecule is COc1ccc(Nc2ncc3c(=N)n(-c4c(Cl)cccc4Cl)c(=O)[nH]c3n2)cc1OCCCN(C)C. The van der Waals surface area contributed by atoms with E-state index in [-0.39, 0.29) is 32.8 Å². The van der Waals surface area contributed by atoms with Crippen LogP contribution in [-0.2, 0) is 0 Å². The Hall–Kier alpha value is -3.60. The fourth-order valence-corrected chi connectivity index (χ4v) is 4.13. The molecule has 36 heavy (non-hydrogen) atoms. The van der Waals surface area contributed by atoms with E-state index in [9.17, 15) is 4.79 Å². The number of aromatic nitrogens is 4. The van der Waals surface area contributed by atoms with Gasteiger partial charge in [0.1, 0.15) is 5.49 Å². The summed E-state index contributed by atoms with van der Waals surface area (Å²) in [5.41, 5.74) is 0.321. The predicted molar refractivity (Wildman–Crippen MR) is 140 cm³/mol. The van der Waals surface area contributed by atoms with Crippen molar-refractivity contribution in [2.24, 2.45) is 0 Å². The second-order valence-corrected chi connectivity index (χ2v) is 8.95. The summed E-state index contributed by atoms with van der Waals surface area (Å²) in [6, 6.07) is 10.2. The van der Waals surface area contributed by atoms with E-state index < -0.39 is 5.69 Å². The molecule has 0 saturated carbocycles. The number of hydrogen-bond acceptors (Lipinski definition) is 8. The van der Waals surface area contributed by atoms with Gasteiger partial charge in [-0.05, 0) is 44.8 Å². The highest BCUT2D eigenvalue weighted by atomic mass is 35.5. The van der Waals surface area contributed by atoms with Crippen LogP contribution in [0.1, 0.15) is 6.42 Å². The van der Waals surface area contributed by atoms with Gasteiger partial charge < -0.3 is 19.7 Å². The largest absolute Gasteiger partial charge is 0.493 e. The molecule has 2 aromatic heterocycles. The summed E-state index contributed by atoms with van der Waals surface area (Å²) >= 11 is 12.5. The van der Waals surface area contributed by atoms with Crippen LogP contribution in [0.15, 0.2) is 47.4 Å². The molecule has 0 aliphatic rings. The summed E-state index contributed by atoms with van der Waals surface area (Å²) < 4.78 is 12.4. The van der Waals surface area contributed by atoms with Crippen LogP contribution in [0.4, 0.5) is 11.6 Å². The normalized spacial score (nSPS) is 11.2. The smallest absolute Gasteiger partial charge is 0.333 e. The van der Waals surface area contributed by atoms with Crippen molar-refractivity contribution in [2.45, 2.75) is 6.42 Å². The number of methoxy groups -OCH3 is 1. The summed E-state index contributed by atoms with van der Waals surface area (Å²) in [6.45, 7) is 1.44. The molecule has 4 aromatic rings. The predicted octanol–water partition coefficient (Wildman–Crippen LogP) is 3.98. The van der Waals surface area contributed by atoms with E-state index in [4.69, 9.17) is 38.1 Å². The Morgan fingerprint density at radius 3 is 2.61 bits per heavy atom. The molecular formula is C24H25Cl2N7O3. The highest BCUT2D eigenvalue weighted by molar-refractivity contribution is 6.37. The fraction of sp³-hybridized carbons (Fsp3) is 0.250. The molecule has 0 radical (unpaired) electrons. The molecule has 0 saturated heterocycles. The number of aromatic amines is 1. The summed E-state index contributed by atoms with van der Waals surface area (Å²) in [5.74, 6) is 1.42. The van der Waals surface area contributed by atoms with Crippen molar-refractivity contribution in [3.63, 3.8) is 0 Å². The zero-order chi connectivity index (χ0) is 25.8. The van der Waals surface area contributed by atoms with Gasteiger partial charge in [-0.3, -0.25) is 10.4 Å². The van der Waals surface area contributed by atoms with Crippen LogP contribution in [0.5, 0.6) is 11.5 Å². The monoisotopic (exact) mass is 529 g/mol. The topological polar surface area (TPSA) is 121 Å². The van der Waals surface area contributed by atoms with Crippen molar-refractivity contribution in [3.05, 3.63) is 68.6 Å². The third kappa shape index (κ3) is 5.46. The molecule has 10 nitrogen and oxygen atoms in total. The molecular weight excluding hydrogens is 505 g/mol. The molecule has 0 aliphatic heterocycles. The number of nitrogens with one attached hydrogen (secondary N) is 3. The highest BCUT2D eigenvalue weighted by Crippen LogP contribution is 2.31. The number of nitrogens with zero attached hydrogens (tertiary/aromatic N) is 4. The molecule has 0 bridgehead atoms. The third-order valence-corrected chi connectivity index (χ3v) is 5.89. The molecule has 12 heteroatoms. The van der Waals surface area contributed by atoms with Gasteiger partial charge >= 0.3 is 5.69 Å². The molecule has 3 N–H and O–H groups in total. The highest BCUT2D eigenvalue weighted by Gasteiger charge is 2.15. The average molecular weight is 530 g/mol. The van der Waals surface area contributed by atoms with Crippen LogP contribution in [0.3, 0.4) is 0 Å². The van der Waals surface area contributed by atoms with Gasteiger partial charge in [0.25, 0.3) is 0 Å². The molecule has 0 fully saturated rings. The van der Waals surface area contributed by atoms with Crippen LogP contribution in [0.25, 0.3) is 16.7 Å². The number of fused-ring (bicyclic) bond motifs is 1. The van der Waals surface area contributed by atoms with Gasteiger partial charge in [-0.1, -0.05) is 29.3 Å². The minimum Gasteiger partial charge on any atom is -0.493 e. The van der Waals surface area contributed by atoms with E-state index in [1.54, 1.807) is 43.5 Å². The maximum absolute atomic E-state index is 12.9. The zero-order valence-corrected chi connectivity index (χ0v) is 21.4. The molecule has 188 valence electrons. The minimum absolute atomic E-state index is 0.145. The fourth-order valence-electron chi connectivity index (χ4n) is 3.57. The molecule has 0 unspecified atom stereocenters. The van der Waals surface area contributed by atoms with E-state index in [0.717, 1.165) is 17.5 Å². The van der Waals surface area contributed by atoms with Crippen LogP contribution in [0.2, 0.25) is 10.0 Å². The number of halogens is 2. The Bertz CT molecular complexity index is 1500. The lowest BCUT2D eigenvalue weighted by Gasteiger charge is -2.14. The first-order valence-corrected chi connectivity index (χ1v) is 11.8. The second-order valence-electron chi connectivity index (χ2n) is 8.14. The molecule has 0 aliphatic carbocycles. The number of anilines is 2. The summed E-state index contributed by atoms with van der Waals surface area (Å²) in [6.07, 6.45) is 2.32. The van der Waals surface area contributed by atoms with Gasteiger partial charge in [-0.25, -0.2) is 14.3 Å². The second kappa shape index (κ2) is 11.0. The Labute approximate surface area is 216 Å². The van der Waals surface area contributed by atoms with Crippen LogP contribution >= 0.6 is 23.2 Å². The van der Waals surface area contributed by atoms with Gasteiger partial charge in [0.05, 0.1) is 34.8 Å². The van der Waals surface area contributed by atoms with E-state index in [1.165, 1.54) is 6.20 Å². The summed E-state index contributed by atoms with van der Waals surface area (Å²) in [5, 5.41) is 12.5. The maximum Gasteiger partial charge on any atom is 0.333 e. The van der Waals surface area contributed by atoms with E-state index in [2.05, 4.69) is 25.2 Å². The number of H-pyrrole nitrogens is 1. The average Bonchev–Trinajstić information content (AvgIpc) is 2.83. The number of hydrogen-bond donors (Lipinski definition) is 3. The quantitative estimate of drug-likeness (QED) is 0.280. The Morgan fingerprint density at radius 1 is 1.17 bits per heavy atom. The standard InChI is InChI=1S/C24H25Cl2N7O3/c1-32(2)10-5-11-36-19-12-14(8-9-18(19)35-3)29-23-28-13-15-21(27)33(24(34)31-22(15)30-23)20-16(25)6-4-7-17(20)26/h4,6-9,12-13,27H,5,10-11H2,1-3H3,(H2,28,29,30,31,34). The Balaban J connectivity index is 1.63. The number of ether oxygens (including phenoxy) is 2. The van der Waals surface area contributed by atoms with Gasteiger partial charge in [0, 0.05) is 24.5 Å². The van der Waals surface area contributed by atoms with E-state index >= 15 is 0 Å². The lowest BCUT2D eigenvalue weighted by atomic mass is 10.2. The van der Waals surface area contributed by atoms with Crippen LogP contribution < -0.4 is 26.0 Å². The van der Waals surface area contributed by atoms with Gasteiger partial charge in [-0.2, -0.15) is 4.98 Å². The molecule has 0 spiro atoms. The van der Waals surface area contributed by atoms with E-state index in [1.807, 2.05) is 14.1 Å². The van der Waals surface area contributed by atoms with Crippen molar-refractivity contribution < 1.29 is 9.47 Å². The Morgan fingerprint density at radius 2 is 1.92 bits per heavy atom. The van der Waals surface area contributed by atoms with E-state index in [0.29, 0.717) is 29.2 Å². The lowest BCUT2D eigenvalue weighted by Crippen LogP contribution is -2.34. The molecule has 2 heterocycles.